The number of hydrogen-bond acceptors (Lipinski definition) is 2. The van der Waals surface area contributed by atoms with Gasteiger partial charge in [-0.05, 0) is 25.7 Å². The Morgan fingerprint density at radius 3 is 2.11 bits per heavy atom. The summed E-state index contributed by atoms with van der Waals surface area (Å²) in [4.78, 5) is 14.0. The molecule has 1 heterocycles. The summed E-state index contributed by atoms with van der Waals surface area (Å²) in [6.45, 7) is 10.4. The van der Waals surface area contributed by atoms with Gasteiger partial charge in [0.05, 0.1) is 0 Å². The molecule has 0 radical (unpaired) electrons. The van der Waals surface area contributed by atoms with E-state index in [1.807, 2.05) is 18.7 Å². The fourth-order valence-electron chi connectivity index (χ4n) is 2.97. The van der Waals surface area contributed by atoms with Gasteiger partial charge in [-0.25, -0.2) is 0 Å². The lowest BCUT2D eigenvalue weighted by Gasteiger charge is -2.35. The van der Waals surface area contributed by atoms with Crippen molar-refractivity contribution in [2.75, 3.05) is 13.1 Å². The Balaban J connectivity index is 2.34. The number of carbonyl (C=O) groups is 1. The molecular weight excluding hydrogens is 236 g/mol. The van der Waals surface area contributed by atoms with Gasteiger partial charge in [-0.3, -0.25) is 4.79 Å². The lowest BCUT2D eigenvalue weighted by Crippen LogP contribution is -2.48. The molecule has 0 aromatic carbocycles. The van der Waals surface area contributed by atoms with E-state index in [1.54, 1.807) is 0 Å². The standard InChI is InChI=1S/C16H32N2O/c1-5-7-14(8-6-2)17-15-9-11-18(12-10-15)16(19)13(3)4/h13-15,17H,5-12H2,1-4H3. The largest absolute Gasteiger partial charge is 0.342 e. The third kappa shape index (κ3) is 5.52. The maximum absolute atomic E-state index is 11.9. The average Bonchev–Trinajstić information content (AvgIpc) is 2.39. The molecule has 1 aliphatic rings. The zero-order chi connectivity index (χ0) is 14.3. The molecule has 0 aliphatic carbocycles. The molecule has 0 bridgehead atoms. The summed E-state index contributed by atoms with van der Waals surface area (Å²) in [5.74, 6) is 0.453. The first kappa shape index (κ1) is 16.5. The van der Waals surface area contributed by atoms with Gasteiger partial charge in [0.1, 0.15) is 0 Å². The number of hydrogen-bond donors (Lipinski definition) is 1. The van der Waals surface area contributed by atoms with E-state index in [1.165, 1.54) is 25.7 Å². The smallest absolute Gasteiger partial charge is 0.225 e. The van der Waals surface area contributed by atoms with Crippen molar-refractivity contribution in [2.24, 2.45) is 5.92 Å². The van der Waals surface area contributed by atoms with Crippen molar-refractivity contribution in [2.45, 2.75) is 78.3 Å². The fourth-order valence-corrected chi connectivity index (χ4v) is 2.97. The molecule has 1 N–H and O–H groups in total. The normalized spacial score (nSPS) is 17.5. The zero-order valence-corrected chi connectivity index (χ0v) is 13.2. The van der Waals surface area contributed by atoms with Crippen LogP contribution in [0.15, 0.2) is 0 Å². The van der Waals surface area contributed by atoms with Crippen LogP contribution >= 0.6 is 0 Å². The first-order valence-electron chi connectivity index (χ1n) is 8.13. The highest BCUT2D eigenvalue weighted by molar-refractivity contribution is 5.78. The number of likely N-dealkylation sites (tertiary alicyclic amines) is 1. The van der Waals surface area contributed by atoms with Crippen molar-refractivity contribution in [3.05, 3.63) is 0 Å². The molecule has 112 valence electrons. The second kappa shape index (κ2) is 8.57. The van der Waals surface area contributed by atoms with E-state index in [2.05, 4.69) is 19.2 Å². The third-order valence-electron chi connectivity index (χ3n) is 4.05. The highest BCUT2D eigenvalue weighted by atomic mass is 16.2. The van der Waals surface area contributed by atoms with Crippen molar-refractivity contribution >= 4 is 5.91 Å². The second-order valence-electron chi connectivity index (χ2n) is 6.20. The average molecular weight is 268 g/mol. The van der Waals surface area contributed by atoms with Gasteiger partial charge >= 0.3 is 0 Å². The molecule has 0 aromatic heterocycles. The quantitative estimate of drug-likeness (QED) is 0.769. The lowest BCUT2D eigenvalue weighted by molar-refractivity contribution is -0.135. The summed E-state index contributed by atoms with van der Waals surface area (Å²) in [5.41, 5.74) is 0. The van der Waals surface area contributed by atoms with Gasteiger partial charge in [-0.15, -0.1) is 0 Å². The Bertz CT molecular complexity index is 251. The minimum Gasteiger partial charge on any atom is -0.342 e. The lowest BCUT2D eigenvalue weighted by atomic mass is 9.99. The molecule has 1 fully saturated rings. The van der Waals surface area contributed by atoms with Crippen molar-refractivity contribution < 1.29 is 4.79 Å². The van der Waals surface area contributed by atoms with Crippen LogP contribution in [-0.2, 0) is 4.79 Å². The van der Waals surface area contributed by atoms with Crippen molar-refractivity contribution in [1.82, 2.24) is 10.2 Å². The van der Waals surface area contributed by atoms with Gasteiger partial charge in [0.25, 0.3) is 0 Å². The highest BCUT2D eigenvalue weighted by Gasteiger charge is 2.25. The van der Waals surface area contributed by atoms with Gasteiger partial charge < -0.3 is 10.2 Å². The molecular formula is C16H32N2O. The predicted molar refractivity (Wildman–Crippen MR) is 81.2 cm³/mol. The van der Waals surface area contributed by atoms with E-state index in [0.29, 0.717) is 18.0 Å². The molecule has 1 saturated heterocycles. The van der Waals surface area contributed by atoms with Crippen LogP contribution in [0.5, 0.6) is 0 Å². The number of piperidine rings is 1. The van der Waals surface area contributed by atoms with Gasteiger partial charge in [0.15, 0.2) is 0 Å². The topological polar surface area (TPSA) is 32.3 Å². The van der Waals surface area contributed by atoms with E-state index >= 15 is 0 Å². The highest BCUT2D eigenvalue weighted by Crippen LogP contribution is 2.15. The summed E-state index contributed by atoms with van der Waals surface area (Å²) >= 11 is 0. The number of nitrogens with zero attached hydrogens (tertiary/aromatic N) is 1. The van der Waals surface area contributed by atoms with Crippen LogP contribution in [0, 0.1) is 5.92 Å². The molecule has 1 rings (SSSR count). The van der Waals surface area contributed by atoms with Crippen molar-refractivity contribution in [3.8, 4) is 0 Å². The molecule has 0 atom stereocenters. The van der Waals surface area contributed by atoms with Gasteiger partial charge in [-0.2, -0.15) is 0 Å². The van der Waals surface area contributed by atoms with Crippen LogP contribution in [0.25, 0.3) is 0 Å². The van der Waals surface area contributed by atoms with Crippen LogP contribution in [-0.4, -0.2) is 36.0 Å². The van der Waals surface area contributed by atoms with Gasteiger partial charge in [0, 0.05) is 31.1 Å². The fraction of sp³-hybridized carbons (Fsp3) is 0.938. The number of amides is 1. The second-order valence-corrected chi connectivity index (χ2v) is 6.20. The minimum absolute atomic E-state index is 0.137. The van der Waals surface area contributed by atoms with Crippen molar-refractivity contribution in [3.63, 3.8) is 0 Å². The van der Waals surface area contributed by atoms with Crippen LogP contribution in [0.4, 0.5) is 0 Å². The maximum atomic E-state index is 11.9. The van der Waals surface area contributed by atoms with Gasteiger partial charge in [-0.1, -0.05) is 40.5 Å². The summed E-state index contributed by atoms with van der Waals surface area (Å²) < 4.78 is 0. The molecule has 0 spiro atoms. The first-order valence-corrected chi connectivity index (χ1v) is 8.13. The zero-order valence-electron chi connectivity index (χ0n) is 13.2. The van der Waals surface area contributed by atoms with Crippen LogP contribution in [0.3, 0.4) is 0 Å². The summed E-state index contributed by atoms with van der Waals surface area (Å²) in [7, 11) is 0. The van der Waals surface area contributed by atoms with E-state index in [9.17, 15) is 4.79 Å². The monoisotopic (exact) mass is 268 g/mol. The summed E-state index contributed by atoms with van der Waals surface area (Å²) in [6.07, 6.45) is 7.29. The van der Waals surface area contributed by atoms with Gasteiger partial charge in [0.2, 0.25) is 5.91 Å². The van der Waals surface area contributed by atoms with Crippen LogP contribution in [0.1, 0.15) is 66.2 Å². The SMILES string of the molecule is CCCC(CCC)NC1CCN(C(=O)C(C)C)CC1. The van der Waals surface area contributed by atoms with Crippen LogP contribution < -0.4 is 5.32 Å². The van der Waals surface area contributed by atoms with E-state index in [-0.39, 0.29) is 5.92 Å². The molecule has 0 saturated carbocycles. The minimum atomic E-state index is 0.137. The number of nitrogens with one attached hydrogen (secondary N) is 1. The summed E-state index contributed by atoms with van der Waals surface area (Å²) in [6, 6.07) is 1.28. The summed E-state index contributed by atoms with van der Waals surface area (Å²) in [5, 5.41) is 3.81. The third-order valence-corrected chi connectivity index (χ3v) is 4.05. The molecule has 19 heavy (non-hydrogen) atoms. The first-order chi connectivity index (χ1) is 9.08. The van der Waals surface area contributed by atoms with Crippen molar-refractivity contribution in [1.29, 1.82) is 0 Å². The molecule has 3 heteroatoms. The van der Waals surface area contributed by atoms with E-state index < -0.39 is 0 Å². The van der Waals surface area contributed by atoms with Crippen LogP contribution in [0.2, 0.25) is 0 Å². The Morgan fingerprint density at radius 1 is 1.16 bits per heavy atom. The van der Waals surface area contributed by atoms with E-state index in [4.69, 9.17) is 0 Å². The molecule has 0 unspecified atom stereocenters. The Hall–Kier alpha value is -0.570. The maximum Gasteiger partial charge on any atom is 0.225 e. The number of rotatable bonds is 7. The Kier molecular flexibility index (Phi) is 7.44. The Morgan fingerprint density at radius 2 is 1.68 bits per heavy atom. The molecule has 1 amide bonds. The molecule has 3 nitrogen and oxygen atoms in total. The molecule has 0 aromatic rings. The predicted octanol–water partition coefficient (Wildman–Crippen LogP) is 3.19. The molecule has 1 aliphatic heterocycles. The van der Waals surface area contributed by atoms with E-state index in [0.717, 1.165) is 25.9 Å². The Labute approximate surface area is 119 Å². The number of carbonyl (C=O) groups excluding carboxylic acids is 1.